The van der Waals surface area contributed by atoms with Crippen molar-refractivity contribution < 1.29 is 0 Å². The maximum atomic E-state index is 4.11. The Morgan fingerprint density at radius 3 is 2.82 bits per heavy atom. The van der Waals surface area contributed by atoms with Crippen LogP contribution in [0.25, 0.3) is 0 Å². The van der Waals surface area contributed by atoms with Gasteiger partial charge in [0.2, 0.25) is 0 Å². The molecule has 1 aromatic heterocycles. The molecule has 1 heterocycles. The van der Waals surface area contributed by atoms with Gasteiger partial charge in [-0.1, -0.05) is 20.3 Å². The Morgan fingerprint density at radius 2 is 2.36 bits per heavy atom. The summed E-state index contributed by atoms with van der Waals surface area (Å²) in [7, 11) is 0. The monoisotopic (exact) mass is 169 g/mol. The van der Waals surface area contributed by atoms with E-state index in [1.807, 2.05) is 6.20 Å². The molecule has 0 N–H and O–H groups in total. The molecule has 0 aromatic carbocycles. The molecule has 0 aliphatic carbocycles. The van der Waals surface area contributed by atoms with Crippen molar-refractivity contribution in [2.45, 2.75) is 39.0 Å². The summed E-state index contributed by atoms with van der Waals surface area (Å²) in [5, 5.41) is 2.17. The molecule has 0 radical (unpaired) electrons. The van der Waals surface area contributed by atoms with Crippen LogP contribution in [0.1, 0.15) is 44.6 Å². The lowest BCUT2D eigenvalue weighted by Crippen LogP contribution is -1.93. The van der Waals surface area contributed by atoms with Crippen LogP contribution in [0.5, 0.6) is 0 Å². The summed E-state index contributed by atoms with van der Waals surface area (Å²) in [6, 6.07) is 0. The zero-order valence-corrected chi connectivity index (χ0v) is 8.03. The lowest BCUT2D eigenvalue weighted by atomic mass is 9.95. The third-order valence-electron chi connectivity index (χ3n) is 2.05. The Balaban J connectivity index is 2.56. The minimum Gasteiger partial charge on any atom is -0.201 e. The standard InChI is InChI=1S/C9H15NS/c1-3-5-8(4-2)9-6-10-11-7-9/h6-8H,3-5H2,1-2H3. The van der Waals surface area contributed by atoms with Crippen molar-refractivity contribution in [1.82, 2.24) is 4.37 Å². The van der Waals surface area contributed by atoms with E-state index in [-0.39, 0.29) is 0 Å². The van der Waals surface area contributed by atoms with E-state index in [9.17, 15) is 0 Å². The fourth-order valence-corrected chi connectivity index (χ4v) is 1.99. The number of aromatic nitrogens is 1. The molecule has 0 spiro atoms. The summed E-state index contributed by atoms with van der Waals surface area (Å²) in [5.41, 5.74) is 1.43. The second-order valence-electron chi connectivity index (χ2n) is 2.85. The Bertz CT molecular complexity index is 181. The summed E-state index contributed by atoms with van der Waals surface area (Å²) in [4.78, 5) is 0. The van der Waals surface area contributed by atoms with E-state index in [1.54, 1.807) is 11.5 Å². The van der Waals surface area contributed by atoms with E-state index in [0.29, 0.717) is 0 Å². The van der Waals surface area contributed by atoms with Crippen LogP contribution in [-0.2, 0) is 0 Å². The Morgan fingerprint density at radius 1 is 1.55 bits per heavy atom. The Hall–Kier alpha value is -0.370. The summed E-state index contributed by atoms with van der Waals surface area (Å²) < 4.78 is 4.11. The molecule has 1 aromatic rings. The van der Waals surface area contributed by atoms with Crippen LogP contribution < -0.4 is 0 Å². The topological polar surface area (TPSA) is 12.9 Å². The maximum absolute atomic E-state index is 4.11. The molecule has 1 unspecified atom stereocenters. The number of hydrogen-bond acceptors (Lipinski definition) is 2. The quantitative estimate of drug-likeness (QED) is 0.673. The predicted molar refractivity (Wildman–Crippen MR) is 50.1 cm³/mol. The summed E-state index contributed by atoms with van der Waals surface area (Å²) in [6.07, 6.45) is 5.82. The van der Waals surface area contributed by atoms with Gasteiger partial charge >= 0.3 is 0 Å². The van der Waals surface area contributed by atoms with Gasteiger partial charge in [-0.3, -0.25) is 0 Å². The molecular weight excluding hydrogens is 154 g/mol. The van der Waals surface area contributed by atoms with Gasteiger partial charge in [-0.25, -0.2) is 4.37 Å². The lowest BCUT2D eigenvalue weighted by Gasteiger charge is -2.10. The smallest absolute Gasteiger partial charge is 0.0441 e. The molecule has 0 saturated carbocycles. The molecule has 0 amide bonds. The highest BCUT2D eigenvalue weighted by Crippen LogP contribution is 2.24. The third-order valence-corrected chi connectivity index (χ3v) is 2.66. The van der Waals surface area contributed by atoms with Crippen molar-refractivity contribution in [3.05, 3.63) is 17.1 Å². The molecule has 0 saturated heterocycles. The minimum atomic E-state index is 0.749. The first kappa shape index (κ1) is 8.72. The van der Waals surface area contributed by atoms with Crippen LogP contribution in [0.4, 0.5) is 0 Å². The minimum absolute atomic E-state index is 0.749. The van der Waals surface area contributed by atoms with Crippen LogP contribution in [0.15, 0.2) is 11.6 Å². The van der Waals surface area contributed by atoms with Gasteiger partial charge in [0.15, 0.2) is 0 Å². The number of rotatable bonds is 4. The van der Waals surface area contributed by atoms with E-state index in [4.69, 9.17) is 0 Å². The number of hydrogen-bond donors (Lipinski definition) is 0. The van der Waals surface area contributed by atoms with E-state index < -0.39 is 0 Å². The van der Waals surface area contributed by atoms with Gasteiger partial charge in [0.25, 0.3) is 0 Å². The maximum Gasteiger partial charge on any atom is 0.0441 e. The highest BCUT2D eigenvalue weighted by Gasteiger charge is 2.07. The summed E-state index contributed by atoms with van der Waals surface area (Å²) in [5.74, 6) is 0.749. The van der Waals surface area contributed by atoms with Crippen molar-refractivity contribution in [3.8, 4) is 0 Å². The van der Waals surface area contributed by atoms with Crippen molar-refractivity contribution in [1.29, 1.82) is 0 Å². The second-order valence-corrected chi connectivity index (χ2v) is 3.51. The lowest BCUT2D eigenvalue weighted by molar-refractivity contribution is 0.597. The molecule has 1 rings (SSSR count). The molecule has 0 fully saturated rings. The van der Waals surface area contributed by atoms with Gasteiger partial charge in [0.05, 0.1) is 0 Å². The van der Waals surface area contributed by atoms with E-state index in [0.717, 1.165) is 5.92 Å². The second kappa shape index (κ2) is 4.50. The van der Waals surface area contributed by atoms with Crippen molar-refractivity contribution in [2.75, 3.05) is 0 Å². The Labute approximate surface area is 72.6 Å². The molecule has 11 heavy (non-hydrogen) atoms. The van der Waals surface area contributed by atoms with Crippen molar-refractivity contribution in [2.24, 2.45) is 0 Å². The van der Waals surface area contributed by atoms with Crippen molar-refractivity contribution >= 4 is 11.5 Å². The van der Waals surface area contributed by atoms with Crippen LogP contribution in [0, 0.1) is 0 Å². The normalized spacial score (nSPS) is 13.3. The molecule has 0 bridgehead atoms. The predicted octanol–water partition coefficient (Wildman–Crippen LogP) is 3.44. The fraction of sp³-hybridized carbons (Fsp3) is 0.667. The molecular formula is C9H15NS. The average Bonchev–Trinajstić information content (AvgIpc) is 2.52. The number of nitrogens with zero attached hydrogens (tertiary/aromatic N) is 1. The van der Waals surface area contributed by atoms with Crippen molar-refractivity contribution in [3.63, 3.8) is 0 Å². The highest BCUT2D eigenvalue weighted by molar-refractivity contribution is 7.03. The largest absolute Gasteiger partial charge is 0.201 e. The van der Waals surface area contributed by atoms with E-state index in [2.05, 4.69) is 23.6 Å². The third kappa shape index (κ3) is 2.29. The molecule has 1 atom stereocenters. The molecule has 0 aliphatic heterocycles. The van der Waals surface area contributed by atoms with Gasteiger partial charge in [0.1, 0.15) is 0 Å². The molecule has 2 heteroatoms. The van der Waals surface area contributed by atoms with Gasteiger partial charge < -0.3 is 0 Å². The fourth-order valence-electron chi connectivity index (χ4n) is 1.37. The van der Waals surface area contributed by atoms with E-state index in [1.165, 1.54) is 24.8 Å². The first-order chi connectivity index (χ1) is 5.38. The van der Waals surface area contributed by atoms with Gasteiger partial charge in [-0.15, -0.1) is 0 Å². The van der Waals surface area contributed by atoms with Gasteiger partial charge in [-0.05, 0) is 35.9 Å². The molecule has 0 aliphatic rings. The summed E-state index contributed by atoms with van der Waals surface area (Å²) >= 11 is 1.56. The molecule has 62 valence electrons. The van der Waals surface area contributed by atoms with E-state index >= 15 is 0 Å². The van der Waals surface area contributed by atoms with Gasteiger partial charge in [0, 0.05) is 11.6 Å². The zero-order valence-electron chi connectivity index (χ0n) is 7.21. The Kier molecular flexibility index (Phi) is 3.57. The SMILES string of the molecule is CCCC(CC)c1cnsc1. The first-order valence-electron chi connectivity index (χ1n) is 4.27. The first-order valence-corrected chi connectivity index (χ1v) is 5.11. The van der Waals surface area contributed by atoms with Gasteiger partial charge in [-0.2, -0.15) is 0 Å². The van der Waals surface area contributed by atoms with Crippen LogP contribution in [0.2, 0.25) is 0 Å². The summed E-state index contributed by atoms with van der Waals surface area (Å²) in [6.45, 7) is 4.49. The van der Waals surface area contributed by atoms with Crippen LogP contribution >= 0.6 is 11.5 Å². The average molecular weight is 169 g/mol. The van der Waals surface area contributed by atoms with Crippen LogP contribution in [0.3, 0.4) is 0 Å². The van der Waals surface area contributed by atoms with Crippen LogP contribution in [-0.4, -0.2) is 4.37 Å². The molecule has 1 nitrogen and oxygen atoms in total. The zero-order chi connectivity index (χ0) is 8.10. The highest BCUT2D eigenvalue weighted by atomic mass is 32.1.